The molecule has 5 aromatic carbocycles. The van der Waals surface area contributed by atoms with Gasteiger partial charge in [0.2, 0.25) is 5.95 Å². The third-order valence-corrected chi connectivity index (χ3v) is 24.2. The van der Waals surface area contributed by atoms with Gasteiger partial charge in [0.1, 0.15) is 57.8 Å². The summed E-state index contributed by atoms with van der Waals surface area (Å²) in [5.74, 6) is 9.93. The average Bonchev–Trinajstić information content (AvgIpc) is 1.39. The fourth-order valence-corrected chi connectivity index (χ4v) is 17.1. The van der Waals surface area contributed by atoms with E-state index in [9.17, 15) is 15.3 Å². The number of likely N-dealkylation sites (N-methyl/N-ethyl adjacent to an activating group) is 1. The van der Waals surface area contributed by atoms with Crippen LogP contribution in [0.15, 0.2) is 232 Å². The molecule has 0 amide bonds. The number of nitrogens with zero attached hydrogens (tertiary/aromatic N) is 24. The van der Waals surface area contributed by atoms with Crippen molar-refractivity contribution in [1.82, 2.24) is 88.7 Å². The van der Waals surface area contributed by atoms with Gasteiger partial charge in [-0.2, -0.15) is 25.5 Å². The lowest BCUT2D eigenvalue weighted by molar-refractivity contribution is 0.00437. The van der Waals surface area contributed by atoms with Gasteiger partial charge < -0.3 is 73.3 Å². The van der Waals surface area contributed by atoms with Crippen molar-refractivity contribution in [2.75, 3.05) is 128 Å². The van der Waals surface area contributed by atoms with E-state index < -0.39 is 5.60 Å². The fraction of sp³-hybridized carbons (Fsp3) is 0.379. The molecule has 702 valence electrons. The molecule has 0 bridgehead atoms. The van der Waals surface area contributed by atoms with E-state index in [2.05, 4.69) is 132 Å². The Morgan fingerprint density at radius 2 is 0.563 bits per heavy atom. The minimum atomic E-state index is -0.654. The third kappa shape index (κ3) is 22.7. The predicted octanol–water partition coefficient (Wildman–Crippen LogP) is 15.6. The van der Waals surface area contributed by atoms with E-state index >= 15 is 0 Å². The number of fused-ring (bicyclic) bond motifs is 5. The average molecular weight is 1820 g/mol. The number of ether oxygens (including phenoxy) is 5. The van der Waals surface area contributed by atoms with Gasteiger partial charge in [0, 0.05) is 229 Å². The van der Waals surface area contributed by atoms with E-state index in [0.29, 0.717) is 6.54 Å². The molecule has 32 heteroatoms. The topological polar surface area (TPSA) is 309 Å². The molecule has 11 aromatic heterocycles. The second-order valence-electron chi connectivity index (χ2n) is 36.8. The molecule has 0 aliphatic carbocycles. The maximum Gasteiger partial charge on any atom is 0.225 e. The maximum atomic E-state index is 10.1. The summed E-state index contributed by atoms with van der Waals surface area (Å²) in [4.78, 5) is 47.1. The van der Waals surface area contributed by atoms with Crippen LogP contribution in [-0.4, -0.2) is 251 Å². The largest absolute Gasteiger partial charge is 0.491 e. The van der Waals surface area contributed by atoms with Gasteiger partial charge in [-0.1, -0.05) is 0 Å². The fourth-order valence-electron chi connectivity index (χ4n) is 17.1. The van der Waals surface area contributed by atoms with E-state index in [1.807, 2.05) is 290 Å². The van der Waals surface area contributed by atoms with Gasteiger partial charge in [0.25, 0.3) is 0 Å². The number of rotatable bonds is 22. The minimum Gasteiger partial charge on any atom is -0.491 e. The Morgan fingerprint density at radius 3 is 0.852 bits per heavy atom. The van der Waals surface area contributed by atoms with Gasteiger partial charge in [-0.15, -0.1) is 0 Å². The maximum absolute atomic E-state index is 10.1. The number of aliphatic hydroxyl groups is 3. The highest BCUT2D eigenvalue weighted by atomic mass is 16.5. The second-order valence-corrected chi connectivity index (χ2v) is 36.8. The molecular weight excluding hydrogens is 1700 g/mol. The SMILES string of the molecule is CC(C)Oc1ccc2cnn(-c3ccnc(N4CC(C(C)(C)O)C4)c3)c2c1.CC(C)Oc1ccc2cnn(-c3ccnc(N4CCC(O)C4)c3)c2c1.CC(C)Oc1ccc2cnn(-c3ccnc(N4CCC(O)CC4)c3)c2c1.CC(C)Oc1ccc2cnn(-c3ccnc(N4CCN(C)CC4)c3)c2c1.CC(C)Oc1ccc2cnn(-c3ccnc(N4CCN(c5ncccn5)CC4)c3)c2c1. The van der Waals surface area contributed by atoms with Gasteiger partial charge in [0.15, 0.2) is 0 Å². The van der Waals surface area contributed by atoms with E-state index in [1.165, 1.54) is 0 Å². The van der Waals surface area contributed by atoms with Crippen LogP contribution >= 0.6 is 0 Å². The minimum absolute atomic E-state index is 0.126. The molecule has 21 rings (SSSR count). The van der Waals surface area contributed by atoms with E-state index in [4.69, 9.17) is 23.7 Å². The molecule has 0 radical (unpaired) electrons. The van der Waals surface area contributed by atoms with Crippen molar-refractivity contribution in [1.29, 1.82) is 0 Å². The Morgan fingerprint density at radius 1 is 0.296 bits per heavy atom. The number of piperazine rings is 2. The zero-order valence-electron chi connectivity index (χ0n) is 79.2. The molecular formula is C103H122N24O8. The molecule has 32 nitrogen and oxygen atoms in total. The monoisotopic (exact) mass is 1820 g/mol. The lowest BCUT2D eigenvalue weighted by Crippen LogP contribution is -2.56. The van der Waals surface area contributed by atoms with Crippen molar-refractivity contribution in [3.8, 4) is 57.2 Å². The number of benzene rings is 5. The van der Waals surface area contributed by atoms with Crippen molar-refractivity contribution in [3.63, 3.8) is 0 Å². The van der Waals surface area contributed by atoms with Crippen LogP contribution < -0.4 is 53.1 Å². The van der Waals surface area contributed by atoms with Crippen LogP contribution in [0, 0.1) is 5.92 Å². The lowest BCUT2D eigenvalue weighted by Gasteiger charge is -2.45. The number of anilines is 6. The van der Waals surface area contributed by atoms with E-state index in [0.717, 1.165) is 251 Å². The quantitative estimate of drug-likeness (QED) is 0.0568. The smallest absolute Gasteiger partial charge is 0.225 e. The molecule has 5 saturated heterocycles. The highest BCUT2D eigenvalue weighted by Gasteiger charge is 2.38. The van der Waals surface area contributed by atoms with Gasteiger partial charge in [-0.3, -0.25) is 0 Å². The van der Waals surface area contributed by atoms with Crippen LogP contribution in [0.2, 0.25) is 0 Å². The summed E-state index contributed by atoms with van der Waals surface area (Å²) in [5.41, 5.74) is 9.29. The normalized spacial score (nSPS) is 15.7. The molecule has 16 aromatic rings. The lowest BCUT2D eigenvalue weighted by atomic mass is 9.84. The molecule has 5 aliphatic rings. The standard InChI is InChI=1S/C23H25N7O.C21H26N4O2.C20H25N5O.C20H24N4O2.C19H22N4O2/c1-17(2)31-20-5-4-18-16-27-30(21(18)15-20)19-6-9-24-22(14-19)28-10-12-29(13-11-28)23-25-7-3-8-26-23;1-14(2)27-18-6-5-15-11-23-25(19(15)10-18)17-7-8-22-20(9-17)24-12-16(13-24)21(3,4)26;1-15(2)26-18-5-4-16-14-22-25(19(16)13-18)17-6-7-21-20(12-17)24-10-8-23(3)9-11-24;1-14(2)26-18-4-3-15-13-22-24(19(15)12-18)16-5-8-21-20(11-16)23-9-6-17(25)7-10-23;1-13(2)25-17-4-3-14-11-21-23(18(14)10-17)15-5-7-20-19(9-15)22-8-6-16(24)12-22/h3-9,14-17H,10-13H2,1-2H3;5-11,14,16,26H,12-13H2,1-4H3;4-7,12-15H,8-11H2,1-3H3;3-5,8,11-14,17,25H,6-7,9-10H2,1-2H3;3-5,7,9-11,13,16,24H,6,8,12H2,1-2H3. The zero-order valence-corrected chi connectivity index (χ0v) is 79.2. The first-order valence-electron chi connectivity index (χ1n) is 46.9. The highest BCUT2D eigenvalue weighted by Crippen LogP contribution is 2.36. The van der Waals surface area contributed by atoms with Crippen molar-refractivity contribution in [2.45, 2.75) is 151 Å². The molecule has 3 N–H and O–H groups in total. The highest BCUT2D eigenvalue weighted by molar-refractivity contribution is 5.86. The number of hydrogen-bond donors (Lipinski definition) is 3. The number of β-amino-alcohol motifs (C(OH)–C–C–N with tert-alkyl or cyclic N) is 1. The summed E-state index contributed by atoms with van der Waals surface area (Å²) in [6, 6.07) is 52.3. The van der Waals surface area contributed by atoms with E-state index in [-0.39, 0.29) is 48.6 Å². The molecule has 5 aliphatic heterocycles. The summed E-state index contributed by atoms with van der Waals surface area (Å²) in [5, 5.41) is 57.8. The first kappa shape index (κ1) is 92.8. The van der Waals surface area contributed by atoms with Gasteiger partial charge in [-0.05, 0) is 206 Å². The van der Waals surface area contributed by atoms with Crippen LogP contribution in [0.5, 0.6) is 28.7 Å². The van der Waals surface area contributed by atoms with Gasteiger partial charge in [0.05, 0.1) is 135 Å². The van der Waals surface area contributed by atoms with Crippen LogP contribution in [0.25, 0.3) is 83.0 Å². The predicted molar refractivity (Wildman–Crippen MR) is 532 cm³/mol. The van der Waals surface area contributed by atoms with Crippen LogP contribution in [0.3, 0.4) is 0 Å². The van der Waals surface area contributed by atoms with Crippen molar-refractivity contribution in [2.24, 2.45) is 5.92 Å². The summed E-state index contributed by atoms with van der Waals surface area (Å²) < 4.78 is 38.8. The molecule has 0 saturated carbocycles. The molecule has 135 heavy (non-hydrogen) atoms. The number of aromatic nitrogens is 17. The van der Waals surface area contributed by atoms with Crippen molar-refractivity contribution < 1.29 is 39.0 Å². The van der Waals surface area contributed by atoms with Crippen LogP contribution in [-0.2, 0) is 0 Å². The number of hydrogen-bond acceptors (Lipinski definition) is 27. The van der Waals surface area contributed by atoms with Crippen molar-refractivity contribution in [3.05, 3.63) is 232 Å². The third-order valence-electron chi connectivity index (χ3n) is 24.2. The van der Waals surface area contributed by atoms with Crippen LogP contribution in [0.1, 0.15) is 102 Å². The Labute approximate surface area is 786 Å². The van der Waals surface area contributed by atoms with E-state index in [1.54, 1.807) is 18.6 Å². The number of aliphatic hydroxyl groups excluding tert-OH is 2. The molecule has 16 heterocycles. The van der Waals surface area contributed by atoms with Crippen molar-refractivity contribution >= 4 is 89.6 Å². The van der Waals surface area contributed by atoms with Gasteiger partial charge in [-0.25, -0.2) is 58.3 Å². The Bertz CT molecular complexity index is 6490. The molecule has 0 spiro atoms. The number of piperidine rings is 1. The summed E-state index contributed by atoms with van der Waals surface area (Å²) in [7, 11) is 2.16. The zero-order chi connectivity index (χ0) is 94.0. The first-order valence-corrected chi connectivity index (χ1v) is 46.9. The Kier molecular flexibility index (Phi) is 28.6. The summed E-state index contributed by atoms with van der Waals surface area (Å²) in [6.07, 6.45) is 24.6. The van der Waals surface area contributed by atoms with Crippen LogP contribution in [0.4, 0.5) is 35.0 Å². The Hall–Kier alpha value is -14.1. The van der Waals surface area contributed by atoms with Gasteiger partial charge >= 0.3 is 0 Å². The number of pyridine rings is 5. The summed E-state index contributed by atoms with van der Waals surface area (Å²) in [6.45, 7) is 36.2. The second kappa shape index (κ2) is 41.6. The summed E-state index contributed by atoms with van der Waals surface area (Å²) >= 11 is 0. The Balaban J connectivity index is 0.000000118. The first-order chi connectivity index (χ1) is 65.3. The molecule has 5 fully saturated rings. The molecule has 1 atom stereocenters. The molecule has 1 unspecified atom stereocenters.